The number of amidine groups is 1. The fraction of sp³-hybridized carbons (Fsp3) is 0.158. The van der Waals surface area contributed by atoms with E-state index in [4.69, 9.17) is 4.74 Å². The quantitative estimate of drug-likeness (QED) is 0.466. The van der Waals surface area contributed by atoms with Crippen molar-refractivity contribution in [3.05, 3.63) is 91.2 Å². The molecule has 1 aliphatic heterocycles. The molecule has 0 fully saturated rings. The van der Waals surface area contributed by atoms with Gasteiger partial charge in [0.1, 0.15) is 11.9 Å². The van der Waals surface area contributed by atoms with Crippen LogP contribution in [0.3, 0.4) is 0 Å². The van der Waals surface area contributed by atoms with Gasteiger partial charge in [-0.15, -0.1) is 0 Å². The van der Waals surface area contributed by atoms with E-state index in [1.165, 1.54) is 43.5 Å². The average Bonchev–Trinajstić information content (AvgIpc) is 2.72. The highest BCUT2D eigenvalue weighted by Crippen LogP contribution is 2.34. The Kier molecular flexibility index (Phi) is 5.35. The van der Waals surface area contributed by atoms with Crippen LogP contribution in [-0.4, -0.2) is 28.8 Å². The highest BCUT2D eigenvalue weighted by molar-refractivity contribution is 6.04. The predicted octanol–water partition coefficient (Wildman–Crippen LogP) is 3.04. The number of methoxy groups -OCH3 is 1. The monoisotopic (exact) mass is 396 g/mol. The summed E-state index contributed by atoms with van der Waals surface area (Å²) in [6, 6.07) is 10.8. The zero-order valence-electron chi connectivity index (χ0n) is 15.5. The number of nitrogens with one attached hydrogen (secondary N) is 1. The molecule has 29 heavy (non-hydrogen) atoms. The molecule has 2 aromatic rings. The van der Waals surface area contributed by atoms with Crippen LogP contribution < -0.4 is 5.32 Å². The summed E-state index contributed by atoms with van der Waals surface area (Å²) in [6.07, 6.45) is 0. The summed E-state index contributed by atoms with van der Waals surface area (Å²) in [5, 5.41) is 25.2. The molecular weight excluding hydrogens is 380 g/mol. The molecule has 0 aromatic heterocycles. The number of esters is 1. The molecule has 10 nitrogen and oxygen atoms in total. The Hall–Kier alpha value is -4.08. The Balaban J connectivity index is 2.14. The lowest BCUT2D eigenvalue weighted by molar-refractivity contribution is -0.385. The molecule has 1 N–H and O–H groups in total. The topological polar surface area (TPSA) is 137 Å². The number of allylic oxidation sites excluding steroid dienone is 1. The number of rotatable bonds is 5. The van der Waals surface area contributed by atoms with Crippen LogP contribution in [0.25, 0.3) is 0 Å². The molecule has 0 aliphatic carbocycles. The van der Waals surface area contributed by atoms with Gasteiger partial charge >= 0.3 is 5.97 Å². The zero-order valence-corrected chi connectivity index (χ0v) is 15.5. The lowest BCUT2D eigenvalue weighted by atomic mass is 9.95. The van der Waals surface area contributed by atoms with Gasteiger partial charge in [-0.05, 0) is 12.5 Å². The van der Waals surface area contributed by atoms with Gasteiger partial charge in [0.2, 0.25) is 0 Å². The third-order valence-electron chi connectivity index (χ3n) is 4.37. The van der Waals surface area contributed by atoms with E-state index in [-0.39, 0.29) is 16.9 Å². The Morgan fingerprint density at radius 1 is 1.07 bits per heavy atom. The molecule has 0 spiro atoms. The number of carbonyl (C=O) groups excluding carboxylic acids is 1. The highest BCUT2D eigenvalue weighted by atomic mass is 16.6. The Morgan fingerprint density at radius 3 is 2.31 bits per heavy atom. The number of non-ortho nitro benzene ring substituents is 2. The van der Waals surface area contributed by atoms with E-state index in [0.717, 1.165) is 0 Å². The number of hydrogen-bond acceptors (Lipinski definition) is 8. The number of aliphatic imine (C=N–C) groups is 1. The van der Waals surface area contributed by atoms with Crippen molar-refractivity contribution in [2.75, 3.05) is 7.11 Å². The van der Waals surface area contributed by atoms with Crippen LogP contribution >= 0.6 is 0 Å². The SMILES string of the molecule is COC(=O)C1=C(C)NC(c2cccc([N+](=O)[O-])c2)=N[C@H]1c1cccc([N+](=O)[O-])c1. The van der Waals surface area contributed by atoms with Gasteiger partial charge in [-0.3, -0.25) is 25.2 Å². The lowest BCUT2D eigenvalue weighted by Gasteiger charge is -2.26. The van der Waals surface area contributed by atoms with Crippen LogP contribution in [0.15, 0.2) is 64.8 Å². The van der Waals surface area contributed by atoms with Crippen molar-refractivity contribution >= 4 is 23.2 Å². The molecule has 0 radical (unpaired) electrons. The van der Waals surface area contributed by atoms with Gasteiger partial charge in [-0.1, -0.05) is 24.3 Å². The number of nitrogens with zero attached hydrogens (tertiary/aromatic N) is 3. The van der Waals surface area contributed by atoms with Gasteiger partial charge < -0.3 is 10.1 Å². The number of nitro groups is 2. The van der Waals surface area contributed by atoms with E-state index in [2.05, 4.69) is 10.3 Å². The fourth-order valence-electron chi connectivity index (χ4n) is 3.01. The third kappa shape index (κ3) is 3.95. The second-order valence-electron chi connectivity index (χ2n) is 6.20. The smallest absolute Gasteiger partial charge is 0.338 e. The molecule has 0 saturated carbocycles. The van der Waals surface area contributed by atoms with Crippen molar-refractivity contribution in [1.82, 2.24) is 5.32 Å². The van der Waals surface area contributed by atoms with Crippen molar-refractivity contribution in [2.24, 2.45) is 4.99 Å². The summed E-state index contributed by atoms with van der Waals surface area (Å²) >= 11 is 0. The van der Waals surface area contributed by atoms with Crippen molar-refractivity contribution in [1.29, 1.82) is 0 Å². The van der Waals surface area contributed by atoms with E-state index in [1.54, 1.807) is 19.1 Å². The molecule has 1 heterocycles. The van der Waals surface area contributed by atoms with Crippen molar-refractivity contribution in [3.63, 3.8) is 0 Å². The first-order valence-electron chi connectivity index (χ1n) is 8.45. The first kappa shape index (κ1) is 19.7. The summed E-state index contributed by atoms with van der Waals surface area (Å²) in [5.74, 6) is -0.330. The number of carbonyl (C=O) groups is 1. The predicted molar refractivity (Wildman–Crippen MR) is 103 cm³/mol. The Morgan fingerprint density at radius 2 is 1.69 bits per heavy atom. The van der Waals surface area contributed by atoms with Gasteiger partial charge in [0.15, 0.2) is 0 Å². The van der Waals surface area contributed by atoms with E-state index in [1.807, 2.05) is 0 Å². The van der Waals surface area contributed by atoms with Crippen LogP contribution in [-0.2, 0) is 9.53 Å². The summed E-state index contributed by atoms with van der Waals surface area (Å²) in [5.41, 5.74) is 1.24. The summed E-state index contributed by atoms with van der Waals surface area (Å²) in [4.78, 5) is 38.0. The first-order chi connectivity index (χ1) is 13.8. The van der Waals surface area contributed by atoms with Crippen LogP contribution in [0.5, 0.6) is 0 Å². The number of nitro benzene ring substituents is 2. The minimum Gasteiger partial charge on any atom is -0.466 e. The van der Waals surface area contributed by atoms with Gasteiger partial charge in [0.25, 0.3) is 11.4 Å². The number of ether oxygens (including phenoxy) is 1. The van der Waals surface area contributed by atoms with Crippen LogP contribution in [0.1, 0.15) is 24.1 Å². The van der Waals surface area contributed by atoms with Crippen molar-refractivity contribution < 1.29 is 19.4 Å². The molecule has 0 bridgehead atoms. The normalized spacial score (nSPS) is 15.9. The first-order valence-corrected chi connectivity index (χ1v) is 8.45. The molecule has 0 amide bonds. The third-order valence-corrected chi connectivity index (χ3v) is 4.37. The van der Waals surface area contributed by atoms with Gasteiger partial charge in [-0.2, -0.15) is 0 Å². The Labute approximate surface area is 164 Å². The summed E-state index contributed by atoms with van der Waals surface area (Å²) < 4.78 is 4.85. The number of benzene rings is 2. The molecular formula is C19H16N4O6. The minimum atomic E-state index is -0.877. The maximum absolute atomic E-state index is 12.4. The molecule has 1 atom stereocenters. The van der Waals surface area contributed by atoms with Crippen LogP contribution in [0, 0.1) is 20.2 Å². The van der Waals surface area contributed by atoms with Gasteiger partial charge in [0.05, 0.1) is 22.5 Å². The van der Waals surface area contributed by atoms with Crippen molar-refractivity contribution in [2.45, 2.75) is 13.0 Å². The molecule has 0 saturated heterocycles. The zero-order chi connectivity index (χ0) is 21.1. The van der Waals surface area contributed by atoms with Crippen molar-refractivity contribution in [3.8, 4) is 0 Å². The fourth-order valence-corrected chi connectivity index (χ4v) is 3.01. The molecule has 1 aliphatic rings. The van der Waals surface area contributed by atoms with Crippen LogP contribution in [0.2, 0.25) is 0 Å². The van der Waals surface area contributed by atoms with Crippen LogP contribution in [0.4, 0.5) is 11.4 Å². The summed E-state index contributed by atoms with van der Waals surface area (Å²) in [6.45, 7) is 1.64. The van der Waals surface area contributed by atoms with Gasteiger partial charge in [-0.25, -0.2) is 4.79 Å². The maximum atomic E-state index is 12.4. The minimum absolute atomic E-state index is 0.112. The molecule has 10 heteroatoms. The second kappa shape index (κ2) is 7.89. The largest absolute Gasteiger partial charge is 0.466 e. The summed E-state index contributed by atoms with van der Waals surface area (Å²) in [7, 11) is 1.23. The second-order valence-corrected chi connectivity index (χ2v) is 6.20. The van der Waals surface area contributed by atoms with E-state index in [0.29, 0.717) is 22.7 Å². The number of hydrogen-bond donors (Lipinski definition) is 1. The van der Waals surface area contributed by atoms with E-state index in [9.17, 15) is 25.0 Å². The van der Waals surface area contributed by atoms with Gasteiger partial charge in [0, 0.05) is 35.5 Å². The van der Waals surface area contributed by atoms with E-state index >= 15 is 0 Å². The lowest BCUT2D eigenvalue weighted by Crippen LogP contribution is -2.32. The highest BCUT2D eigenvalue weighted by Gasteiger charge is 2.31. The molecule has 148 valence electrons. The standard InChI is InChI=1S/C19H16N4O6/c1-11-16(19(24)29-2)17(12-5-3-7-14(9-12)22(25)26)21-18(20-11)13-6-4-8-15(10-13)23(27)28/h3-10,17H,1-2H3,(H,20,21)/t17-/m0/s1. The Bertz CT molecular complexity index is 1080. The molecule has 0 unspecified atom stereocenters. The average molecular weight is 396 g/mol. The molecule has 3 rings (SSSR count). The maximum Gasteiger partial charge on any atom is 0.338 e. The van der Waals surface area contributed by atoms with E-state index < -0.39 is 21.9 Å². The molecule has 2 aromatic carbocycles.